The van der Waals surface area contributed by atoms with Gasteiger partial charge in [-0.25, -0.2) is 13.1 Å². The Morgan fingerprint density at radius 1 is 1.06 bits per heavy atom. The molecule has 0 radical (unpaired) electrons. The van der Waals surface area contributed by atoms with E-state index in [1.807, 2.05) is 44.2 Å². The number of rotatable bonds is 8. The molecule has 2 N–H and O–H groups in total. The van der Waals surface area contributed by atoms with Crippen LogP contribution in [-0.2, 0) is 14.8 Å². The maximum atomic E-state index is 13.2. The number of hydrogen-bond donors (Lipinski definition) is 2. The molecule has 0 unspecified atom stereocenters. The van der Waals surface area contributed by atoms with Crippen LogP contribution in [0.5, 0.6) is 0 Å². The number of benzene rings is 2. The number of ketones is 1. The molecule has 0 saturated carbocycles. The minimum Gasteiger partial charge on any atom is -0.358 e. The fourth-order valence-corrected chi connectivity index (χ4v) is 5.35. The quantitative estimate of drug-likeness (QED) is 0.286. The molecule has 10 heteroatoms. The third-order valence-electron chi connectivity index (χ3n) is 5.97. The normalized spacial score (nSPS) is 11.5. The molecule has 2 aromatic heterocycles. The van der Waals surface area contributed by atoms with Gasteiger partial charge in [-0.15, -0.1) is 0 Å². The zero-order chi connectivity index (χ0) is 25.3. The maximum Gasteiger partial charge on any atom is 0.295 e. The Kier molecular flexibility index (Phi) is 6.49. The number of nitrogens with zero attached hydrogens (tertiary/aromatic N) is 3. The molecular formula is C25H27N5O4S. The lowest BCUT2D eigenvalue weighted by molar-refractivity contribution is -0.126. The zero-order valence-corrected chi connectivity index (χ0v) is 20.8. The second kappa shape index (κ2) is 9.38. The molecule has 4 aromatic rings. The first-order chi connectivity index (χ1) is 16.7. The fourth-order valence-electron chi connectivity index (χ4n) is 4.14. The van der Waals surface area contributed by atoms with Gasteiger partial charge in [0.1, 0.15) is 4.90 Å². The molecule has 0 bridgehead atoms. The van der Waals surface area contributed by atoms with Crippen LogP contribution in [0, 0.1) is 13.8 Å². The van der Waals surface area contributed by atoms with Crippen LogP contribution in [0.15, 0.2) is 59.6 Å². The molecule has 0 aliphatic carbocycles. The van der Waals surface area contributed by atoms with E-state index in [-0.39, 0.29) is 16.1 Å². The summed E-state index contributed by atoms with van der Waals surface area (Å²) in [4.78, 5) is 30.3. The molecule has 2 heterocycles. The van der Waals surface area contributed by atoms with Crippen molar-refractivity contribution < 1.29 is 18.0 Å². The monoisotopic (exact) mass is 493 g/mol. The summed E-state index contributed by atoms with van der Waals surface area (Å²) in [7, 11) is -3.97. The first-order valence-electron chi connectivity index (χ1n) is 11.3. The van der Waals surface area contributed by atoms with Crippen molar-refractivity contribution in [2.75, 3.05) is 17.8 Å². The molecule has 182 valence electrons. The van der Waals surface area contributed by atoms with Crippen LogP contribution in [-0.4, -0.2) is 52.9 Å². The number of carbonyl (C=O) groups is 2. The Morgan fingerprint density at radius 3 is 2.40 bits per heavy atom. The van der Waals surface area contributed by atoms with Gasteiger partial charge < -0.3 is 9.88 Å². The largest absolute Gasteiger partial charge is 0.358 e. The van der Waals surface area contributed by atoms with Crippen LogP contribution in [0.1, 0.15) is 35.6 Å². The van der Waals surface area contributed by atoms with Gasteiger partial charge in [0, 0.05) is 35.4 Å². The summed E-state index contributed by atoms with van der Waals surface area (Å²) < 4.78 is 30.5. The second-order valence-electron chi connectivity index (χ2n) is 8.14. The van der Waals surface area contributed by atoms with Crippen molar-refractivity contribution in [2.24, 2.45) is 0 Å². The molecular weight excluding hydrogens is 466 g/mol. The molecule has 0 aliphatic rings. The standard InChI is InChI=1S/C25H27N5O4S/c1-5-29(6-2)25(32)24(31)23-16(3)27-21-13-12-18(14-20(21)23)28-35(33,34)22-15-26-30(17(22)4)19-10-8-7-9-11-19/h7-15,27-28H,5-6H2,1-4H3. The third kappa shape index (κ3) is 4.44. The number of aromatic nitrogens is 3. The summed E-state index contributed by atoms with van der Waals surface area (Å²) in [6, 6.07) is 14.1. The number of hydrogen-bond acceptors (Lipinski definition) is 5. The Bertz CT molecular complexity index is 1520. The first kappa shape index (κ1) is 24.2. The predicted octanol–water partition coefficient (Wildman–Crippen LogP) is 3.82. The molecule has 0 aliphatic heterocycles. The van der Waals surface area contributed by atoms with Crippen molar-refractivity contribution in [3.63, 3.8) is 0 Å². The summed E-state index contributed by atoms with van der Waals surface area (Å²) in [6.45, 7) is 7.86. The van der Waals surface area contributed by atoms with Crippen LogP contribution in [0.2, 0.25) is 0 Å². The lowest BCUT2D eigenvalue weighted by atomic mass is 10.1. The molecule has 4 rings (SSSR count). The van der Waals surface area contributed by atoms with Gasteiger partial charge in [-0.2, -0.15) is 5.10 Å². The Hall–Kier alpha value is -3.92. The molecule has 2 aromatic carbocycles. The summed E-state index contributed by atoms with van der Waals surface area (Å²) in [5.41, 5.74) is 2.90. The second-order valence-corrected chi connectivity index (χ2v) is 9.79. The van der Waals surface area contributed by atoms with E-state index in [0.717, 1.165) is 5.69 Å². The molecule has 0 atom stereocenters. The number of para-hydroxylation sites is 1. The number of aryl methyl sites for hydroxylation is 1. The van der Waals surface area contributed by atoms with Gasteiger partial charge in [-0.3, -0.25) is 14.3 Å². The third-order valence-corrected chi connectivity index (χ3v) is 7.45. The summed E-state index contributed by atoms with van der Waals surface area (Å²) >= 11 is 0. The number of anilines is 1. The summed E-state index contributed by atoms with van der Waals surface area (Å²) in [5.74, 6) is -1.22. The van der Waals surface area contributed by atoms with Gasteiger partial charge in [0.25, 0.3) is 21.7 Å². The number of nitrogens with one attached hydrogen (secondary N) is 2. The topological polar surface area (TPSA) is 117 Å². The average molecular weight is 494 g/mol. The van der Waals surface area contributed by atoms with Gasteiger partial charge in [0.15, 0.2) is 0 Å². The van der Waals surface area contributed by atoms with Crippen molar-refractivity contribution in [1.82, 2.24) is 19.7 Å². The summed E-state index contributed by atoms with van der Waals surface area (Å²) in [5, 5.41) is 4.72. The minimum absolute atomic E-state index is 0.0414. The number of carbonyl (C=O) groups excluding carboxylic acids is 2. The van der Waals surface area contributed by atoms with E-state index in [1.165, 1.54) is 11.1 Å². The van der Waals surface area contributed by atoms with Crippen molar-refractivity contribution in [2.45, 2.75) is 32.6 Å². The minimum atomic E-state index is -3.97. The Balaban J connectivity index is 1.69. The van der Waals surface area contributed by atoms with Gasteiger partial charge in [-0.1, -0.05) is 18.2 Å². The van der Waals surface area contributed by atoms with Crippen molar-refractivity contribution >= 4 is 38.3 Å². The first-order valence-corrected chi connectivity index (χ1v) is 12.7. The smallest absolute Gasteiger partial charge is 0.295 e. The maximum absolute atomic E-state index is 13.2. The van der Waals surface area contributed by atoms with Crippen molar-refractivity contribution in [3.8, 4) is 5.69 Å². The van der Waals surface area contributed by atoms with Gasteiger partial charge >= 0.3 is 0 Å². The molecule has 0 fully saturated rings. The molecule has 9 nitrogen and oxygen atoms in total. The highest BCUT2D eigenvalue weighted by Crippen LogP contribution is 2.28. The van der Waals surface area contributed by atoms with E-state index in [9.17, 15) is 18.0 Å². The number of H-pyrrole nitrogens is 1. The van der Waals surface area contributed by atoms with E-state index >= 15 is 0 Å². The van der Waals surface area contributed by atoms with Gasteiger partial charge in [0.05, 0.1) is 23.1 Å². The number of amides is 1. The SMILES string of the molecule is CCN(CC)C(=O)C(=O)c1c(C)[nH]c2ccc(NS(=O)(=O)c3cnn(-c4ccccc4)c3C)cc12. The van der Waals surface area contributed by atoms with E-state index in [2.05, 4.69) is 14.8 Å². The highest BCUT2D eigenvalue weighted by Gasteiger charge is 2.27. The molecule has 0 saturated heterocycles. The van der Waals surface area contributed by atoms with E-state index in [4.69, 9.17) is 0 Å². The van der Waals surface area contributed by atoms with Gasteiger partial charge in [-0.05, 0) is 58.0 Å². The lowest BCUT2D eigenvalue weighted by Gasteiger charge is -2.17. The number of likely N-dealkylation sites (N-methyl/N-ethyl adjacent to an activating group) is 1. The number of sulfonamides is 1. The fraction of sp³-hybridized carbons (Fsp3) is 0.240. The summed E-state index contributed by atoms with van der Waals surface area (Å²) in [6.07, 6.45) is 1.31. The molecule has 0 spiro atoms. The average Bonchev–Trinajstić information content (AvgIpc) is 3.39. The molecule has 35 heavy (non-hydrogen) atoms. The van der Waals surface area contributed by atoms with Crippen LogP contribution < -0.4 is 4.72 Å². The van der Waals surface area contributed by atoms with Crippen LogP contribution in [0.25, 0.3) is 16.6 Å². The van der Waals surface area contributed by atoms with Crippen LogP contribution in [0.3, 0.4) is 0 Å². The van der Waals surface area contributed by atoms with E-state index < -0.39 is 21.7 Å². The number of fused-ring (bicyclic) bond motifs is 1. The Morgan fingerprint density at radius 2 is 1.74 bits per heavy atom. The Labute approximate surface area is 203 Å². The van der Waals surface area contributed by atoms with Crippen LogP contribution >= 0.6 is 0 Å². The highest BCUT2D eigenvalue weighted by molar-refractivity contribution is 7.92. The zero-order valence-electron chi connectivity index (χ0n) is 20.0. The van der Waals surface area contributed by atoms with Crippen molar-refractivity contribution in [3.05, 3.63) is 71.7 Å². The predicted molar refractivity (Wildman–Crippen MR) is 134 cm³/mol. The lowest BCUT2D eigenvalue weighted by Crippen LogP contribution is -2.36. The van der Waals surface area contributed by atoms with Gasteiger partial charge in [0.2, 0.25) is 0 Å². The highest BCUT2D eigenvalue weighted by atomic mass is 32.2. The number of Topliss-reactive ketones (excluding diaryl/α,β-unsaturated/α-hetero) is 1. The van der Waals surface area contributed by atoms with E-state index in [1.54, 1.807) is 36.7 Å². The van der Waals surface area contributed by atoms with Crippen molar-refractivity contribution in [1.29, 1.82) is 0 Å². The molecule has 1 amide bonds. The van der Waals surface area contributed by atoms with E-state index in [0.29, 0.717) is 35.4 Å². The number of aromatic amines is 1. The van der Waals surface area contributed by atoms with Crippen LogP contribution in [0.4, 0.5) is 5.69 Å².